The molecule has 33 heavy (non-hydrogen) atoms. The molecule has 0 radical (unpaired) electrons. The van der Waals surface area contributed by atoms with Gasteiger partial charge in [-0.15, -0.1) is 10.2 Å². The highest BCUT2D eigenvalue weighted by Crippen LogP contribution is 2.41. The molecule has 1 aliphatic rings. The molecule has 8 heteroatoms. The van der Waals surface area contributed by atoms with Crippen LogP contribution < -0.4 is 5.32 Å². The van der Waals surface area contributed by atoms with Gasteiger partial charge in [-0.1, -0.05) is 47.6 Å². The van der Waals surface area contributed by atoms with Gasteiger partial charge in [0.15, 0.2) is 0 Å². The first kappa shape index (κ1) is 19.4. The van der Waals surface area contributed by atoms with Gasteiger partial charge in [-0.2, -0.15) is 0 Å². The van der Waals surface area contributed by atoms with Crippen LogP contribution >= 0.6 is 0 Å². The Hall–Kier alpha value is -4.33. The summed E-state index contributed by atoms with van der Waals surface area (Å²) in [6, 6.07) is 19.3. The Morgan fingerprint density at radius 3 is 2.64 bits per heavy atom. The van der Waals surface area contributed by atoms with Crippen molar-refractivity contribution in [1.82, 2.24) is 24.9 Å². The van der Waals surface area contributed by atoms with Gasteiger partial charge in [0, 0.05) is 22.9 Å². The minimum absolute atomic E-state index is 0.217. The summed E-state index contributed by atoms with van der Waals surface area (Å²) in [5, 5.41) is 15.6. The maximum atomic E-state index is 13.5. The van der Waals surface area contributed by atoms with Crippen molar-refractivity contribution in [3.8, 4) is 11.3 Å². The van der Waals surface area contributed by atoms with Gasteiger partial charge >= 0.3 is 0 Å². The summed E-state index contributed by atoms with van der Waals surface area (Å²) in [6.45, 7) is 0.617. The van der Waals surface area contributed by atoms with E-state index >= 15 is 0 Å². The summed E-state index contributed by atoms with van der Waals surface area (Å²) >= 11 is 0. The van der Waals surface area contributed by atoms with Crippen LogP contribution in [-0.2, 0) is 6.54 Å². The zero-order chi connectivity index (χ0) is 22.2. The van der Waals surface area contributed by atoms with Gasteiger partial charge in [0.05, 0.1) is 17.5 Å². The molecule has 0 bridgehead atoms. The molecule has 6 rings (SSSR count). The zero-order valence-electron chi connectivity index (χ0n) is 17.7. The Labute approximate surface area is 189 Å². The van der Waals surface area contributed by atoms with Gasteiger partial charge < -0.3 is 14.4 Å². The van der Waals surface area contributed by atoms with Crippen molar-refractivity contribution in [3.05, 3.63) is 90.1 Å². The number of anilines is 1. The number of carbonyl (C=O) groups excluding carboxylic acids is 1. The lowest BCUT2D eigenvalue weighted by molar-refractivity contribution is 0.102. The molecule has 1 aliphatic carbocycles. The Bertz CT molecular complexity index is 1440. The maximum absolute atomic E-state index is 13.5. The largest absolute Gasteiger partial charge is 0.335 e. The van der Waals surface area contributed by atoms with E-state index in [-0.39, 0.29) is 5.91 Å². The molecule has 0 spiro atoms. The van der Waals surface area contributed by atoms with Crippen LogP contribution in [0.4, 0.5) is 5.69 Å². The van der Waals surface area contributed by atoms with Crippen molar-refractivity contribution < 1.29 is 9.32 Å². The summed E-state index contributed by atoms with van der Waals surface area (Å²) in [6.07, 6.45) is 5.47. The van der Waals surface area contributed by atoms with Crippen molar-refractivity contribution in [2.75, 3.05) is 5.32 Å². The lowest BCUT2D eigenvalue weighted by Crippen LogP contribution is -2.13. The number of amides is 1. The van der Waals surface area contributed by atoms with Crippen molar-refractivity contribution >= 4 is 22.7 Å². The average Bonchev–Trinajstić information content (AvgIpc) is 3.40. The van der Waals surface area contributed by atoms with Crippen molar-refractivity contribution in [2.45, 2.75) is 25.3 Å². The van der Waals surface area contributed by atoms with Gasteiger partial charge in [0.25, 0.3) is 11.6 Å². The van der Waals surface area contributed by atoms with E-state index in [0.29, 0.717) is 40.5 Å². The predicted molar refractivity (Wildman–Crippen MR) is 123 cm³/mol. The highest BCUT2D eigenvalue weighted by molar-refractivity contribution is 6.14. The van der Waals surface area contributed by atoms with Crippen LogP contribution in [0.2, 0.25) is 0 Å². The number of rotatable bonds is 6. The summed E-state index contributed by atoms with van der Waals surface area (Å²) in [5.74, 6) is 0.157. The average molecular weight is 436 g/mol. The molecule has 0 aliphatic heterocycles. The lowest BCUT2D eigenvalue weighted by atomic mass is 10.0. The van der Waals surface area contributed by atoms with Crippen LogP contribution in [0.25, 0.3) is 22.4 Å². The summed E-state index contributed by atoms with van der Waals surface area (Å²) in [4.78, 5) is 18.2. The number of aromatic nitrogens is 5. The number of pyridine rings is 1. The van der Waals surface area contributed by atoms with Crippen molar-refractivity contribution in [1.29, 1.82) is 0 Å². The second-order valence-corrected chi connectivity index (χ2v) is 8.24. The molecule has 8 nitrogen and oxygen atoms in total. The number of fused-ring (bicyclic) bond motifs is 1. The second kappa shape index (κ2) is 7.98. The molecule has 1 fully saturated rings. The third kappa shape index (κ3) is 3.87. The standard InChI is InChI=1S/C25H20N6O2/c32-24(28-19-8-4-5-16(11-19)13-31-14-26-27-15-31)20-12-21(17-9-10-17)29-25-22(20)23(30-33-25)18-6-2-1-3-7-18/h1-8,11-12,14-15,17H,9-10,13H2,(H,28,32). The first-order chi connectivity index (χ1) is 16.2. The highest BCUT2D eigenvalue weighted by Gasteiger charge is 2.29. The van der Waals surface area contributed by atoms with E-state index in [1.807, 2.05) is 65.2 Å². The van der Waals surface area contributed by atoms with Crippen LogP contribution in [0.15, 0.2) is 77.8 Å². The quantitative estimate of drug-likeness (QED) is 0.416. The Balaban J connectivity index is 1.37. The Morgan fingerprint density at radius 2 is 1.85 bits per heavy atom. The molecule has 0 unspecified atom stereocenters. The van der Waals surface area contributed by atoms with Crippen molar-refractivity contribution in [3.63, 3.8) is 0 Å². The third-order valence-electron chi connectivity index (χ3n) is 5.77. The smallest absolute Gasteiger partial charge is 0.259 e. The van der Waals surface area contributed by atoms with E-state index in [9.17, 15) is 4.79 Å². The van der Waals surface area contributed by atoms with E-state index in [2.05, 4.69) is 25.7 Å². The SMILES string of the molecule is O=C(Nc1cccc(Cn2cnnc2)c1)c1cc(C2CC2)nc2onc(-c3ccccc3)c12. The molecule has 1 amide bonds. The number of hydrogen-bond donors (Lipinski definition) is 1. The van der Waals surface area contributed by atoms with Crippen LogP contribution in [0.3, 0.4) is 0 Å². The summed E-state index contributed by atoms with van der Waals surface area (Å²) in [7, 11) is 0. The van der Waals surface area contributed by atoms with Gasteiger partial charge in [0.2, 0.25) is 0 Å². The van der Waals surface area contributed by atoms with Crippen LogP contribution in [0, 0.1) is 0 Å². The third-order valence-corrected chi connectivity index (χ3v) is 5.77. The fourth-order valence-corrected chi connectivity index (χ4v) is 3.99. The molecule has 162 valence electrons. The van der Waals surface area contributed by atoms with Gasteiger partial charge in [-0.3, -0.25) is 4.79 Å². The fourth-order valence-electron chi connectivity index (χ4n) is 3.99. The molecule has 2 aromatic carbocycles. The molecule has 0 atom stereocenters. The maximum Gasteiger partial charge on any atom is 0.259 e. The minimum atomic E-state index is -0.217. The summed E-state index contributed by atoms with van der Waals surface area (Å²) < 4.78 is 7.46. The van der Waals surface area contributed by atoms with Crippen LogP contribution in [-0.4, -0.2) is 30.8 Å². The normalized spacial score (nSPS) is 13.3. The molecule has 5 aromatic rings. The topological polar surface area (TPSA) is 98.7 Å². The highest BCUT2D eigenvalue weighted by atomic mass is 16.5. The van der Waals surface area contributed by atoms with Crippen LogP contribution in [0.5, 0.6) is 0 Å². The molecule has 3 heterocycles. The predicted octanol–water partition coefficient (Wildman–Crippen LogP) is 4.66. The molecule has 0 saturated heterocycles. The number of benzene rings is 2. The Morgan fingerprint density at radius 1 is 1.03 bits per heavy atom. The van der Waals surface area contributed by atoms with E-state index in [4.69, 9.17) is 4.52 Å². The second-order valence-electron chi connectivity index (χ2n) is 8.24. The molecular weight excluding hydrogens is 416 g/mol. The minimum Gasteiger partial charge on any atom is -0.335 e. The van der Waals surface area contributed by atoms with E-state index < -0.39 is 0 Å². The first-order valence-corrected chi connectivity index (χ1v) is 10.8. The number of nitrogens with one attached hydrogen (secondary N) is 1. The summed E-state index contributed by atoms with van der Waals surface area (Å²) in [5.41, 5.74) is 5.03. The zero-order valence-corrected chi connectivity index (χ0v) is 17.7. The first-order valence-electron chi connectivity index (χ1n) is 10.8. The van der Waals surface area contributed by atoms with Crippen molar-refractivity contribution in [2.24, 2.45) is 0 Å². The van der Waals surface area contributed by atoms with Gasteiger partial charge in [0.1, 0.15) is 18.3 Å². The molecule has 1 N–H and O–H groups in total. The number of nitrogens with zero attached hydrogens (tertiary/aromatic N) is 5. The van der Waals surface area contributed by atoms with E-state index in [1.165, 1.54) is 0 Å². The Kier molecular flexibility index (Phi) is 4.68. The molecular formula is C25H20N6O2. The van der Waals surface area contributed by atoms with Crippen LogP contribution in [0.1, 0.15) is 40.4 Å². The van der Waals surface area contributed by atoms with Gasteiger partial charge in [-0.25, -0.2) is 4.98 Å². The van der Waals surface area contributed by atoms with E-state index in [1.54, 1.807) is 12.7 Å². The monoisotopic (exact) mass is 436 g/mol. The molecule has 1 saturated carbocycles. The van der Waals surface area contributed by atoms with E-state index in [0.717, 1.165) is 29.7 Å². The number of carbonyl (C=O) groups is 1. The van der Waals surface area contributed by atoms with Gasteiger partial charge in [-0.05, 0) is 36.6 Å². The number of hydrogen-bond acceptors (Lipinski definition) is 6. The lowest BCUT2D eigenvalue weighted by Gasteiger charge is -2.10. The molecule has 3 aromatic heterocycles. The fraction of sp³-hybridized carbons (Fsp3) is 0.160.